The summed E-state index contributed by atoms with van der Waals surface area (Å²) in [5, 5.41) is 9.06. The van der Waals surface area contributed by atoms with E-state index in [1.54, 1.807) is 0 Å². The smallest absolute Gasteiger partial charge is 0.0566 e. The van der Waals surface area contributed by atoms with E-state index in [0.29, 0.717) is 19.4 Å². The third-order valence-electron chi connectivity index (χ3n) is 1.14. The number of hydrogen-bond acceptors (Lipinski definition) is 3. The van der Waals surface area contributed by atoms with Gasteiger partial charge in [0.25, 0.3) is 0 Å². The van der Waals surface area contributed by atoms with Gasteiger partial charge in [0.15, 0.2) is 0 Å². The Balaban J connectivity index is 3.15. The maximum absolute atomic E-state index is 9.06. The lowest BCUT2D eigenvalue weighted by Gasteiger charge is -2.10. The molecule has 0 amide bonds. The van der Waals surface area contributed by atoms with Crippen molar-refractivity contribution in [1.29, 1.82) is 0 Å². The van der Waals surface area contributed by atoms with E-state index in [4.69, 9.17) is 16.6 Å². The highest BCUT2D eigenvalue weighted by Gasteiger charge is 2.04. The van der Waals surface area contributed by atoms with Crippen molar-refractivity contribution in [1.82, 2.24) is 0 Å². The third kappa shape index (κ3) is 5.76. The van der Waals surface area contributed by atoms with Crippen molar-refractivity contribution in [2.75, 3.05) is 6.54 Å². The number of rotatable bonds is 4. The number of nitrogens with two attached hydrogens (primary N) is 2. The molecule has 2 atom stereocenters. The molecule has 0 radical (unpaired) electrons. The van der Waals surface area contributed by atoms with Crippen molar-refractivity contribution in [3.8, 4) is 0 Å². The highest BCUT2D eigenvalue weighted by atomic mass is 16.3. The molecule has 0 aliphatic carbocycles. The Morgan fingerprint density at radius 3 is 2.44 bits per heavy atom. The molecule has 0 aromatic rings. The SMILES string of the molecule is CC(N)CC(O)CCN. The normalized spacial score (nSPS) is 17.3. The van der Waals surface area contributed by atoms with Crippen LogP contribution in [-0.2, 0) is 0 Å². The molecular weight excluding hydrogens is 116 g/mol. The fraction of sp³-hybridized carbons (Fsp3) is 1.00. The molecule has 0 saturated heterocycles. The zero-order valence-electron chi connectivity index (χ0n) is 5.88. The van der Waals surface area contributed by atoms with E-state index in [2.05, 4.69) is 0 Å². The van der Waals surface area contributed by atoms with Crippen molar-refractivity contribution in [3.63, 3.8) is 0 Å². The highest BCUT2D eigenvalue weighted by Crippen LogP contribution is 1.97. The van der Waals surface area contributed by atoms with Crippen molar-refractivity contribution in [2.45, 2.75) is 31.9 Å². The van der Waals surface area contributed by atoms with Crippen molar-refractivity contribution in [3.05, 3.63) is 0 Å². The van der Waals surface area contributed by atoms with Gasteiger partial charge in [-0.1, -0.05) is 0 Å². The fourth-order valence-corrected chi connectivity index (χ4v) is 0.739. The van der Waals surface area contributed by atoms with Crippen LogP contribution >= 0.6 is 0 Å². The second kappa shape index (κ2) is 4.73. The molecule has 0 bridgehead atoms. The number of aliphatic hydroxyl groups is 1. The van der Waals surface area contributed by atoms with E-state index in [1.807, 2.05) is 6.92 Å². The summed E-state index contributed by atoms with van der Waals surface area (Å²) >= 11 is 0. The van der Waals surface area contributed by atoms with Crippen LogP contribution in [0, 0.1) is 0 Å². The van der Waals surface area contributed by atoms with Gasteiger partial charge >= 0.3 is 0 Å². The molecule has 0 aromatic heterocycles. The molecular formula is C6H16N2O. The minimum absolute atomic E-state index is 0.0755. The van der Waals surface area contributed by atoms with Crippen LogP contribution in [0.4, 0.5) is 0 Å². The Kier molecular flexibility index (Phi) is 4.67. The molecule has 3 heteroatoms. The topological polar surface area (TPSA) is 72.3 Å². The molecule has 0 aliphatic heterocycles. The minimum Gasteiger partial charge on any atom is -0.393 e. The molecule has 2 unspecified atom stereocenters. The average molecular weight is 132 g/mol. The van der Waals surface area contributed by atoms with E-state index >= 15 is 0 Å². The molecule has 0 rings (SSSR count). The maximum atomic E-state index is 9.06. The van der Waals surface area contributed by atoms with Crippen LogP contribution in [-0.4, -0.2) is 23.8 Å². The summed E-state index contributed by atoms with van der Waals surface area (Å²) in [4.78, 5) is 0. The fourth-order valence-electron chi connectivity index (χ4n) is 0.739. The summed E-state index contributed by atoms with van der Waals surface area (Å²) in [6.45, 7) is 2.41. The van der Waals surface area contributed by atoms with Crippen LogP contribution in [0.1, 0.15) is 19.8 Å². The van der Waals surface area contributed by atoms with Crippen LogP contribution in [0.15, 0.2) is 0 Å². The van der Waals surface area contributed by atoms with Crippen LogP contribution < -0.4 is 11.5 Å². The largest absolute Gasteiger partial charge is 0.393 e. The van der Waals surface area contributed by atoms with Gasteiger partial charge in [0.2, 0.25) is 0 Å². The monoisotopic (exact) mass is 132 g/mol. The second-order valence-electron chi connectivity index (χ2n) is 2.44. The molecule has 0 spiro atoms. The first-order valence-corrected chi connectivity index (χ1v) is 3.30. The lowest BCUT2D eigenvalue weighted by atomic mass is 10.1. The van der Waals surface area contributed by atoms with E-state index in [1.165, 1.54) is 0 Å². The highest BCUT2D eigenvalue weighted by molar-refractivity contribution is 4.62. The lowest BCUT2D eigenvalue weighted by molar-refractivity contribution is 0.150. The summed E-state index contributed by atoms with van der Waals surface area (Å²) < 4.78 is 0. The summed E-state index contributed by atoms with van der Waals surface area (Å²) in [6.07, 6.45) is 0.994. The van der Waals surface area contributed by atoms with Crippen LogP contribution in [0.5, 0.6) is 0 Å². The first-order valence-electron chi connectivity index (χ1n) is 3.30. The van der Waals surface area contributed by atoms with Crippen LogP contribution in [0.3, 0.4) is 0 Å². The number of hydrogen-bond donors (Lipinski definition) is 3. The van der Waals surface area contributed by atoms with Crippen molar-refractivity contribution < 1.29 is 5.11 Å². The molecule has 5 N–H and O–H groups in total. The Labute approximate surface area is 56.0 Å². The van der Waals surface area contributed by atoms with E-state index < -0.39 is 0 Å². The predicted octanol–water partition coefficient (Wildman–Crippen LogP) is -0.567. The predicted molar refractivity (Wildman–Crippen MR) is 37.9 cm³/mol. The van der Waals surface area contributed by atoms with Gasteiger partial charge in [0.05, 0.1) is 6.10 Å². The Hall–Kier alpha value is -0.120. The Morgan fingerprint density at radius 2 is 2.11 bits per heavy atom. The minimum atomic E-state index is -0.310. The lowest BCUT2D eigenvalue weighted by Crippen LogP contribution is -2.24. The molecule has 0 heterocycles. The summed E-state index contributed by atoms with van der Waals surface area (Å²) in [5.41, 5.74) is 10.6. The summed E-state index contributed by atoms with van der Waals surface area (Å²) in [7, 11) is 0. The first-order chi connectivity index (χ1) is 4.16. The van der Waals surface area contributed by atoms with E-state index in [0.717, 1.165) is 0 Å². The van der Waals surface area contributed by atoms with Gasteiger partial charge in [-0.15, -0.1) is 0 Å². The second-order valence-corrected chi connectivity index (χ2v) is 2.44. The summed E-state index contributed by atoms with van der Waals surface area (Å²) in [5.74, 6) is 0. The van der Waals surface area contributed by atoms with Gasteiger partial charge in [-0.3, -0.25) is 0 Å². The van der Waals surface area contributed by atoms with Crippen LogP contribution in [0.25, 0.3) is 0 Å². The van der Waals surface area contributed by atoms with Crippen LogP contribution in [0.2, 0.25) is 0 Å². The van der Waals surface area contributed by atoms with Gasteiger partial charge in [-0.2, -0.15) is 0 Å². The standard InChI is InChI=1S/C6H16N2O/c1-5(8)4-6(9)2-3-7/h5-6,9H,2-4,7-8H2,1H3. The first kappa shape index (κ1) is 8.88. The van der Waals surface area contributed by atoms with Crippen molar-refractivity contribution in [2.24, 2.45) is 11.5 Å². The van der Waals surface area contributed by atoms with Gasteiger partial charge in [0, 0.05) is 6.04 Å². The molecule has 0 aromatic carbocycles. The number of aliphatic hydroxyl groups excluding tert-OH is 1. The Bertz CT molecular complexity index is 66.1. The van der Waals surface area contributed by atoms with Crippen molar-refractivity contribution >= 4 is 0 Å². The average Bonchev–Trinajstić information content (AvgIpc) is 1.63. The quantitative estimate of drug-likeness (QED) is 0.480. The Morgan fingerprint density at radius 1 is 1.56 bits per heavy atom. The van der Waals surface area contributed by atoms with E-state index in [9.17, 15) is 0 Å². The molecule has 0 fully saturated rings. The maximum Gasteiger partial charge on any atom is 0.0566 e. The molecule has 3 nitrogen and oxygen atoms in total. The van der Waals surface area contributed by atoms with E-state index in [-0.39, 0.29) is 12.1 Å². The third-order valence-corrected chi connectivity index (χ3v) is 1.14. The summed E-state index contributed by atoms with van der Waals surface area (Å²) in [6, 6.07) is 0.0755. The molecule has 0 aliphatic rings. The van der Waals surface area contributed by atoms with Gasteiger partial charge in [-0.25, -0.2) is 0 Å². The zero-order valence-corrected chi connectivity index (χ0v) is 5.88. The van der Waals surface area contributed by atoms with Gasteiger partial charge < -0.3 is 16.6 Å². The molecule has 0 saturated carbocycles. The van der Waals surface area contributed by atoms with Gasteiger partial charge in [0.1, 0.15) is 0 Å². The molecule has 56 valence electrons. The molecule has 9 heavy (non-hydrogen) atoms. The van der Waals surface area contributed by atoms with Gasteiger partial charge in [-0.05, 0) is 26.3 Å². The zero-order chi connectivity index (χ0) is 7.28.